The average molecular weight is 639 g/mol. The van der Waals surface area contributed by atoms with Gasteiger partial charge in [0.15, 0.2) is 11.6 Å². The maximum Gasteiger partial charge on any atom is 0.362 e. The SMILES string of the molecule is CC(=O)Nc1ccn(Cc2cn(C[C@@H]3OC(C)(C)O[C@H]3[C@@H](O)P(=O)(OCc3ccccc3)OCc3ccccc3)nn2)c(=O)n1. The van der Waals surface area contributed by atoms with E-state index in [4.69, 9.17) is 18.5 Å². The molecule has 2 aromatic carbocycles. The van der Waals surface area contributed by atoms with Crippen molar-refractivity contribution in [1.29, 1.82) is 0 Å². The van der Waals surface area contributed by atoms with E-state index in [1.165, 1.54) is 28.4 Å². The van der Waals surface area contributed by atoms with Crippen LogP contribution in [0.5, 0.6) is 0 Å². The summed E-state index contributed by atoms with van der Waals surface area (Å²) in [6, 6.07) is 19.8. The van der Waals surface area contributed by atoms with Crippen molar-refractivity contribution in [3.63, 3.8) is 0 Å². The quantitative estimate of drug-likeness (QED) is 0.206. The van der Waals surface area contributed by atoms with Crippen molar-refractivity contribution in [1.82, 2.24) is 24.5 Å². The molecule has 0 unspecified atom stereocenters. The van der Waals surface area contributed by atoms with Gasteiger partial charge in [-0.05, 0) is 31.0 Å². The molecule has 5 rings (SSSR count). The standard InChI is InChI=1S/C30H35N6O8P/c1-21(37)31-26-14-15-35(29(39)32-26)16-24-17-36(34-33-24)18-25-27(44-30(2,3)43-25)28(38)45(40,41-19-22-10-6-4-7-11-22)42-20-23-12-8-5-9-13-23/h4-15,17,25,27-28,38H,16,18-20H2,1-3H3,(H,31,32,37,39)/t25-,27+,28-/m0/s1. The van der Waals surface area contributed by atoms with Gasteiger partial charge < -0.3 is 28.9 Å². The van der Waals surface area contributed by atoms with E-state index < -0.39 is 37.1 Å². The molecule has 1 aliphatic rings. The van der Waals surface area contributed by atoms with Gasteiger partial charge in [-0.25, -0.2) is 9.48 Å². The molecule has 14 nitrogen and oxygen atoms in total. The number of hydrogen-bond donors (Lipinski definition) is 2. The second-order valence-electron chi connectivity index (χ2n) is 10.9. The van der Waals surface area contributed by atoms with Crippen LogP contribution in [0.4, 0.5) is 5.82 Å². The number of hydrogen-bond acceptors (Lipinski definition) is 11. The van der Waals surface area contributed by atoms with E-state index in [0.29, 0.717) is 5.69 Å². The molecule has 0 spiro atoms. The smallest absolute Gasteiger partial charge is 0.362 e. The van der Waals surface area contributed by atoms with Crippen LogP contribution in [0.2, 0.25) is 0 Å². The molecule has 2 aromatic heterocycles. The molecule has 1 amide bonds. The van der Waals surface area contributed by atoms with Crippen LogP contribution in [0, 0.1) is 0 Å². The summed E-state index contributed by atoms with van der Waals surface area (Å²) in [6.45, 7) is 4.72. The maximum atomic E-state index is 14.3. The van der Waals surface area contributed by atoms with E-state index >= 15 is 0 Å². The molecule has 1 saturated heterocycles. The van der Waals surface area contributed by atoms with Gasteiger partial charge in [-0.1, -0.05) is 65.9 Å². The van der Waals surface area contributed by atoms with E-state index in [0.717, 1.165) is 11.1 Å². The Kier molecular flexibility index (Phi) is 10.0. The van der Waals surface area contributed by atoms with E-state index in [-0.39, 0.29) is 38.0 Å². The second-order valence-corrected chi connectivity index (χ2v) is 13.1. The van der Waals surface area contributed by atoms with E-state index in [1.807, 2.05) is 60.7 Å². The van der Waals surface area contributed by atoms with Crippen LogP contribution in [0.15, 0.2) is 83.9 Å². The lowest BCUT2D eigenvalue weighted by Gasteiger charge is -2.29. The number of aliphatic hydroxyl groups is 1. The number of carbonyl (C=O) groups is 1. The van der Waals surface area contributed by atoms with E-state index in [1.54, 1.807) is 20.0 Å². The van der Waals surface area contributed by atoms with Gasteiger partial charge >= 0.3 is 13.3 Å². The Bertz CT molecular complexity index is 1650. The third kappa shape index (κ3) is 8.57. The normalized spacial score (nSPS) is 18.5. The summed E-state index contributed by atoms with van der Waals surface area (Å²) < 4.78 is 40.9. The lowest BCUT2D eigenvalue weighted by molar-refractivity contribution is -0.152. The predicted octanol–water partition coefficient (Wildman–Crippen LogP) is 3.31. The molecule has 0 radical (unpaired) electrons. The van der Waals surface area contributed by atoms with E-state index in [2.05, 4.69) is 20.6 Å². The van der Waals surface area contributed by atoms with Crippen molar-refractivity contribution < 1.29 is 33.0 Å². The molecule has 0 aliphatic carbocycles. The molecule has 3 heterocycles. The number of nitrogens with one attached hydrogen (secondary N) is 1. The van der Waals surface area contributed by atoms with Gasteiger partial charge in [0.25, 0.3) is 0 Å². The van der Waals surface area contributed by atoms with Crippen LogP contribution in [0.3, 0.4) is 0 Å². The molecule has 15 heteroatoms. The minimum Gasteiger partial charge on any atom is -0.378 e. The summed E-state index contributed by atoms with van der Waals surface area (Å²) in [5.41, 5.74) is 1.38. The number of rotatable bonds is 13. The lowest BCUT2D eigenvalue weighted by atomic mass is 10.2. The second kappa shape index (κ2) is 13.9. The number of amides is 1. The third-order valence-electron chi connectivity index (χ3n) is 6.81. The van der Waals surface area contributed by atoms with Gasteiger partial charge in [-0.15, -0.1) is 5.10 Å². The number of aromatic nitrogens is 5. The zero-order valence-electron chi connectivity index (χ0n) is 25.1. The number of ether oxygens (including phenoxy) is 2. The Morgan fingerprint density at radius 2 is 1.67 bits per heavy atom. The number of aliphatic hydroxyl groups excluding tert-OH is 1. The van der Waals surface area contributed by atoms with Crippen LogP contribution in [-0.4, -0.2) is 59.4 Å². The van der Waals surface area contributed by atoms with Gasteiger partial charge in [-0.2, -0.15) is 4.98 Å². The molecule has 238 valence electrons. The first kappa shape index (κ1) is 32.4. The first-order valence-corrected chi connectivity index (χ1v) is 15.9. The van der Waals surface area contributed by atoms with Gasteiger partial charge in [-0.3, -0.25) is 13.9 Å². The fourth-order valence-corrected chi connectivity index (χ4v) is 6.41. The predicted molar refractivity (Wildman–Crippen MR) is 162 cm³/mol. The highest BCUT2D eigenvalue weighted by atomic mass is 31.2. The molecule has 4 aromatic rings. The minimum absolute atomic E-state index is 0.0575. The zero-order chi connectivity index (χ0) is 32.0. The van der Waals surface area contributed by atoms with Crippen molar-refractivity contribution in [3.8, 4) is 0 Å². The van der Waals surface area contributed by atoms with E-state index in [9.17, 15) is 19.3 Å². The molecule has 3 atom stereocenters. The summed E-state index contributed by atoms with van der Waals surface area (Å²) >= 11 is 0. The fraction of sp³-hybridized carbons (Fsp3) is 0.367. The fourth-order valence-electron chi connectivity index (χ4n) is 4.76. The molecule has 2 N–H and O–H groups in total. The summed E-state index contributed by atoms with van der Waals surface area (Å²) in [4.78, 5) is 27.5. The van der Waals surface area contributed by atoms with Gasteiger partial charge in [0.2, 0.25) is 5.91 Å². The largest absolute Gasteiger partial charge is 0.378 e. The Labute approximate surface area is 259 Å². The van der Waals surface area contributed by atoms with Crippen LogP contribution in [-0.2, 0) is 54.2 Å². The topological polar surface area (TPSA) is 169 Å². The van der Waals surface area contributed by atoms with Gasteiger partial charge in [0.1, 0.15) is 23.7 Å². The van der Waals surface area contributed by atoms with Crippen LogP contribution >= 0.6 is 7.60 Å². The first-order chi connectivity index (χ1) is 21.5. The number of benzene rings is 2. The third-order valence-corrected chi connectivity index (χ3v) is 8.73. The van der Waals surface area contributed by atoms with Crippen LogP contribution < -0.4 is 11.0 Å². The summed E-state index contributed by atoms with van der Waals surface area (Å²) in [7, 11) is -4.21. The highest BCUT2D eigenvalue weighted by Gasteiger charge is 2.52. The Morgan fingerprint density at radius 3 is 2.24 bits per heavy atom. The Morgan fingerprint density at radius 1 is 1.04 bits per heavy atom. The molecular weight excluding hydrogens is 603 g/mol. The number of nitrogens with zero attached hydrogens (tertiary/aromatic N) is 5. The first-order valence-electron chi connectivity index (χ1n) is 14.2. The van der Waals surface area contributed by atoms with Crippen molar-refractivity contribution in [2.45, 2.75) is 70.9 Å². The van der Waals surface area contributed by atoms with Crippen molar-refractivity contribution >= 4 is 19.3 Å². The Hall–Kier alpha value is -4.04. The highest BCUT2D eigenvalue weighted by molar-refractivity contribution is 7.54. The Balaban J connectivity index is 1.32. The summed E-state index contributed by atoms with van der Waals surface area (Å²) in [5.74, 6) is -3.02. The van der Waals surface area contributed by atoms with Gasteiger partial charge in [0.05, 0.1) is 32.5 Å². The number of carbonyl (C=O) groups excluding carboxylic acids is 1. The van der Waals surface area contributed by atoms with Crippen molar-refractivity contribution in [2.24, 2.45) is 0 Å². The average Bonchev–Trinajstić information content (AvgIpc) is 3.58. The molecule has 45 heavy (non-hydrogen) atoms. The monoisotopic (exact) mass is 638 g/mol. The molecule has 1 fully saturated rings. The summed E-state index contributed by atoms with van der Waals surface area (Å²) in [5, 5.41) is 22.3. The minimum atomic E-state index is -4.21. The number of anilines is 1. The molecular formula is C30H35N6O8P. The van der Waals surface area contributed by atoms with Crippen molar-refractivity contribution in [3.05, 3.63) is 106 Å². The van der Waals surface area contributed by atoms with Gasteiger partial charge in [0, 0.05) is 13.1 Å². The zero-order valence-corrected chi connectivity index (χ0v) is 25.9. The molecule has 0 bridgehead atoms. The summed E-state index contributed by atoms with van der Waals surface area (Å²) in [6.07, 6.45) is 1.17. The molecule has 0 saturated carbocycles. The van der Waals surface area contributed by atoms with Crippen molar-refractivity contribution in [2.75, 3.05) is 5.32 Å². The lowest BCUT2D eigenvalue weighted by Crippen LogP contribution is -2.38. The van der Waals surface area contributed by atoms with Crippen LogP contribution in [0.1, 0.15) is 37.6 Å². The highest BCUT2D eigenvalue weighted by Crippen LogP contribution is 2.56. The maximum absolute atomic E-state index is 14.3. The molecule has 1 aliphatic heterocycles. The van der Waals surface area contributed by atoms with Crippen LogP contribution in [0.25, 0.3) is 0 Å².